The fraction of sp³-hybridized carbons (Fsp3) is 0.500. The summed E-state index contributed by atoms with van der Waals surface area (Å²) in [7, 11) is 0. The van der Waals surface area contributed by atoms with Gasteiger partial charge in [-0.25, -0.2) is 0 Å². The number of rotatable bonds is 5. The van der Waals surface area contributed by atoms with Crippen molar-refractivity contribution in [1.29, 1.82) is 0 Å². The first-order valence-electron chi connectivity index (χ1n) is 5.15. The molecule has 0 spiro atoms. The van der Waals surface area contributed by atoms with Crippen molar-refractivity contribution < 1.29 is 5.11 Å². The fourth-order valence-electron chi connectivity index (χ4n) is 1.46. The molecule has 0 bridgehead atoms. The summed E-state index contributed by atoms with van der Waals surface area (Å²) in [5.41, 5.74) is 1.19. The van der Waals surface area contributed by atoms with Crippen molar-refractivity contribution in [1.82, 2.24) is 0 Å². The van der Waals surface area contributed by atoms with Crippen LogP contribution in [0.25, 0.3) is 0 Å². The van der Waals surface area contributed by atoms with Gasteiger partial charge in [-0.05, 0) is 24.5 Å². The number of aliphatic hydroxyl groups excluding tert-OH is 1. The third kappa shape index (κ3) is 3.81. The summed E-state index contributed by atoms with van der Waals surface area (Å²) < 4.78 is 1.09. The van der Waals surface area contributed by atoms with E-state index in [2.05, 4.69) is 28.9 Å². The Morgan fingerprint density at radius 1 is 1.36 bits per heavy atom. The molecule has 0 aliphatic rings. The van der Waals surface area contributed by atoms with Gasteiger partial charge in [-0.15, -0.1) is 0 Å². The molecule has 1 N–H and O–H groups in total. The van der Waals surface area contributed by atoms with Crippen LogP contribution in [0, 0.1) is 0 Å². The zero-order valence-corrected chi connectivity index (χ0v) is 10.1. The third-order valence-corrected chi connectivity index (χ3v) is 3.08. The van der Waals surface area contributed by atoms with Gasteiger partial charge in [0.05, 0.1) is 6.10 Å². The second-order valence-corrected chi connectivity index (χ2v) is 4.45. The van der Waals surface area contributed by atoms with E-state index in [1.807, 2.05) is 18.2 Å². The number of hydrogen-bond donors (Lipinski definition) is 1. The van der Waals surface area contributed by atoms with Crippen LogP contribution in [0.3, 0.4) is 0 Å². The molecule has 1 aromatic rings. The lowest BCUT2D eigenvalue weighted by Gasteiger charge is -2.10. The summed E-state index contributed by atoms with van der Waals surface area (Å²) in [5, 5.41) is 9.74. The number of unbranched alkanes of at least 4 members (excludes halogenated alkanes) is 1. The van der Waals surface area contributed by atoms with Crippen LogP contribution in [0.5, 0.6) is 0 Å². The normalized spacial score (nSPS) is 12.8. The van der Waals surface area contributed by atoms with Crippen LogP contribution in [0.2, 0.25) is 0 Å². The van der Waals surface area contributed by atoms with E-state index in [1.54, 1.807) is 0 Å². The van der Waals surface area contributed by atoms with Crippen molar-refractivity contribution in [3.05, 3.63) is 34.3 Å². The van der Waals surface area contributed by atoms with Gasteiger partial charge < -0.3 is 5.11 Å². The van der Waals surface area contributed by atoms with Gasteiger partial charge in [-0.2, -0.15) is 0 Å². The van der Waals surface area contributed by atoms with Crippen LogP contribution in [-0.4, -0.2) is 11.2 Å². The van der Waals surface area contributed by atoms with E-state index in [9.17, 15) is 5.11 Å². The average Bonchev–Trinajstić information content (AvgIpc) is 2.18. The number of aliphatic hydroxyl groups is 1. The Hall–Kier alpha value is -0.340. The SMILES string of the molecule is CCCCC(O)Cc1ccccc1Br. The lowest BCUT2D eigenvalue weighted by atomic mass is 10.0. The first-order valence-corrected chi connectivity index (χ1v) is 5.94. The van der Waals surface area contributed by atoms with Gasteiger partial charge in [0, 0.05) is 4.47 Å². The van der Waals surface area contributed by atoms with E-state index >= 15 is 0 Å². The molecule has 0 aliphatic carbocycles. The highest BCUT2D eigenvalue weighted by molar-refractivity contribution is 9.10. The van der Waals surface area contributed by atoms with Crippen molar-refractivity contribution in [3.8, 4) is 0 Å². The summed E-state index contributed by atoms with van der Waals surface area (Å²) >= 11 is 3.48. The van der Waals surface area contributed by atoms with E-state index in [4.69, 9.17) is 0 Å². The Balaban J connectivity index is 2.47. The molecule has 1 rings (SSSR count). The van der Waals surface area contributed by atoms with E-state index in [-0.39, 0.29) is 6.10 Å². The highest BCUT2D eigenvalue weighted by Gasteiger charge is 2.06. The van der Waals surface area contributed by atoms with Gasteiger partial charge in [-0.1, -0.05) is 53.9 Å². The summed E-state index contributed by atoms with van der Waals surface area (Å²) in [6.07, 6.45) is 3.70. The topological polar surface area (TPSA) is 20.2 Å². The molecule has 14 heavy (non-hydrogen) atoms. The molecule has 1 aromatic carbocycles. The lowest BCUT2D eigenvalue weighted by Crippen LogP contribution is -2.10. The molecule has 1 nitrogen and oxygen atoms in total. The van der Waals surface area contributed by atoms with Crippen molar-refractivity contribution in [3.63, 3.8) is 0 Å². The van der Waals surface area contributed by atoms with Crippen LogP contribution < -0.4 is 0 Å². The molecule has 0 heterocycles. The van der Waals surface area contributed by atoms with E-state index in [0.29, 0.717) is 0 Å². The lowest BCUT2D eigenvalue weighted by molar-refractivity contribution is 0.161. The largest absolute Gasteiger partial charge is 0.393 e. The minimum atomic E-state index is -0.200. The predicted octanol–water partition coefficient (Wildman–Crippen LogP) is 3.54. The Kier molecular flexibility index (Phi) is 5.20. The van der Waals surface area contributed by atoms with Gasteiger partial charge in [0.1, 0.15) is 0 Å². The zero-order chi connectivity index (χ0) is 10.4. The standard InChI is InChI=1S/C12H17BrO/c1-2-3-7-11(14)9-10-6-4-5-8-12(10)13/h4-6,8,11,14H,2-3,7,9H2,1H3. The maximum atomic E-state index is 9.74. The summed E-state index contributed by atoms with van der Waals surface area (Å²) in [4.78, 5) is 0. The van der Waals surface area contributed by atoms with E-state index < -0.39 is 0 Å². The second-order valence-electron chi connectivity index (χ2n) is 3.59. The molecule has 2 heteroatoms. The molecular formula is C12H17BrO. The third-order valence-electron chi connectivity index (χ3n) is 2.30. The van der Waals surface area contributed by atoms with Crippen molar-refractivity contribution in [2.45, 2.75) is 38.7 Å². The highest BCUT2D eigenvalue weighted by atomic mass is 79.9. The maximum absolute atomic E-state index is 9.74. The van der Waals surface area contributed by atoms with E-state index in [1.165, 1.54) is 5.56 Å². The first kappa shape index (κ1) is 11.7. The first-order chi connectivity index (χ1) is 6.74. The molecule has 78 valence electrons. The summed E-state index contributed by atoms with van der Waals surface area (Å²) in [5.74, 6) is 0. The molecule has 0 saturated heterocycles. The predicted molar refractivity (Wildman–Crippen MR) is 63.4 cm³/mol. The highest BCUT2D eigenvalue weighted by Crippen LogP contribution is 2.18. The molecule has 1 atom stereocenters. The van der Waals surface area contributed by atoms with Crippen molar-refractivity contribution in [2.75, 3.05) is 0 Å². The Morgan fingerprint density at radius 2 is 2.07 bits per heavy atom. The van der Waals surface area contributed by atoms with E-state index in [0.717, 1.165) is 30.2 Å². The smallest absolute Gasteiger partial charge is 0.0581 e. The number of benzene rings is 1. The van der Waals surface area contributed by atoms with Gasteiger partial charge in [0.2, 0.25) is 0 Å². The summed E-state index contributed by atoms with van der Waals surface area (Å²) in [6, 6.07) is 8.07. The zero-order valence-electron chi connectivity index (χ0n) is 8.54. The van der Waals surface area contributed by atoms with Crippen LogP contribution >= 0.6 is 15.9 Å². The minimum absolute atomic E-state index is 0.200. The maximum Gasteiger partial charge on any atom is 0.0581 e. The van der Waals surface area contributed by atoms with Gasteiger partial charge in [0.15, 0.2) is 0 Å². The average molecular weight is 257 g/mol. The molecule has 1 unspecified atom stereocenters. The summed E-state index contributed by atoms with van der Waals surface area (Å²) in [6.45, 7) is 2.14. The van der Waals surface area contributed by atoms with Crippen molar-refractivity contribution in [2.24, 2.45) is 0 Å². The number of hydrogen-bond acceptors (Lipinski definition) is 1. The fourth-order valence-corrected chi connectivity index (χ4v) is 1.91. The molecular weight excluding hydrogens is 240 g/mol. The molecule has 0 fully saturated rings. The van der Waals surface area contributed by atoms with Crippen LogP contribution in [0.1, 0.15) is 31.7 Å². The van der Waals surface area contributed by atoms with Gasteiger partial charge >= 0.3 is 0 Å². The van der Waals surface area contributed by atoms with Gasteiger partial charge in [-0.3, -0.25) is 0 Å². The molecule has 0 amide bonds. The molecule has 0 radical (unpaired) electrons. The van der Waals surface area contributed by atoms with Crippen molar-refractivity contribution >= 4 is 15.9 Å². The minimum Gasteiger partial charge on any atom is -0.393 e. The van der Waals surface area contributed by atoms with Crippen LogP contribution in [-0.2, 0) is 6.42 Å². The Labute approximate surface area is 94.3 Å². The molecule has 0 aromatic heterocycles. The van der Waals surface area contributed by atoms with Crippen LogP contribution in [0.15, 0.2) is 28.7 Å². The Bertz CT molecular complexity index is 273. The second kappa shape index (κ2) is 6.20. The van der Waals surface area contributed by atoms with Gasteiger partial charge in [0.25, 0.3) is 0 Å². The Morgan fingerprint density at radius 3 is 2.71 bits per heavy atom. The monoisotopic (exact) mass is 256 g/mol. The molecule has 0 aliphatic heterocycles. The molecule has 0 saturated carbocycles. The quantitative estimate of drug-likeness (QED) is 0.855. The number of halogens is 1. The van der Waals surface area contributed by atoms with Crippen LogP contribution in [0.4, 0.5) is 0 Å².